The van der Waals surface area contributed by atoms with E-state index in [1.54, 1.807) is 0 Å². The summed E-state index contributed by atoms with van der Waals surface area (Å²) in [6.07, 6.45) is 2.42. The zero-order valence-electron chi connectivity index (χ0n) is 13.0. The van der Waals surface area contributed by atoms with Crippen molar-refractivity contribution in [2.24, 2.45) is 5.89 Å². The normalized spacial score (nSPS) is 24.2. The molecule has 0 spiro atoms. The summed E-state index contributed by atoms with van der Waals surface area (Å²) in [6, 6.07) is 0. The molecule has 0 fully saturated rings. The van der Waals surface area contributed by atoms with E-state index in [4.69, 9.17) is 9.60 Å². The van der Waals surface area contributed by atoms with Crippen LogP contribution in [-0.2, 0) is 4.79 Å². The Morgan fingerprint density at radius 3 is 2.90 bits per heavy atom. The smallest absolute Gasteiger partial charge is 0.119 e. The quantitative estimate of drug-likeness (QED) is 0.419. The fraction of sp³-hybridized carbons (Fsp3) is 0.889. The molecule has 0 rings (SSSR count). The van der Waals surface area contributed by atoms with Gasteiger partial charge >= 0.3 is 0 Å². The predicted octanol–water partition coefficient (Wildman–Crippen LogP) is 2.79. The summed E-state index contributed by atoms with van der Waals surface area (Å²) in [5.41, 5.74) is 0. The number of hydrogen-bond donors (Lipinski definition) is 0. The molecule has 0 aliphatic heterocycles. The Labute approximate surface area is 73.7 Å². The number of aldehydes is 1. The van der Waals surface area contributed by atoms with Gasteiger partial charge in [0.15, 0.2) is 0 Å². The number of rotatable bonds is 6. The molecule has 0 N–H and O–H groups in total. The van der Waals surface area contributed by atoms with Crippen molar-refractivity contribution in [3.63, 3.8) is 0 Å². The van der Waals surface area contributed by atoms with Crippen molar-refractivity contribution in [3.05, 3.63) is 0 Å². The van der Waals surface area contributed by atoms with E-state index in [1.807, 2.05) is 0 Å². The minimum atomic E-state index is -2.83. The Balaban J connectivity index is 4.49. The maximum atomic E-state index is 10.1. The average molecular weight is 149 g/mol. The monoisotopic (exact) mass is 149 g/mol. The molecule has 0 saturated carbocycles. The van der Waals surface area contributed by atoms with E-state index in [9.17, 15) is 4.79 Å². The van der Waals surface area contributed by atoms with Crippen LogP contribution in [0.25, 0.3) is 0 Å². The molecule has 60 valence electrons. The van der Waals surface area contributed by atoms with Gasteiger partial charge in [-0.3, -0.25) is 0 Å². The SMILES string of the molecule is [2H]C([2H])([2H])C([2H])(CCCCCC=O)C([2H])([2H])[2H]. The Morgan fingerprint density at radius 2 is 2.30 bits per heavy atom. The van der Waals surface area contributed by atoms with Crippen molar-refractivity contribution in [2.75, 3.05) is 0 Å². The summed E-state index contributed by atoms with van der Waals surface area (Å²) in [5.74, 6) is -2.42. The summed E-state index contributed by atoms with van der Waals surface area (Å²) in [7, 11) is 0. The minimum Gasteiger partial charge on any atom is -0.303 e. The third kappa shape index (κ3) is 7.67. The van der Waals surface area contributed by atoms with Crippen LogP contribution in [0.5, 0.6) is 0 Å². The summed E-state index contributed by atoms with van der Waals surface area (Å²) in [4.78, 5) is 10.1. The molecule has 0 atom stereocenters. The molecule has 0 saturated heterocycles. The lowest BCUT2D eigenvalue weighted by molar-refractivity contribution is -0.107. The Hall–Kier alpha value is -0.330. The van der Waals surface area contributed by atoms with Gasteiger partial charge in [-0.2, -0.15) is 0 Å². The van der Waals surface area contributed by atoms with E-state index >= 15 is 0 Å². The summed E-state index contributed by atoms with van der Waals surface area (Å²) < 4.78 is 50.8. The van der Waals surface area contributed by atoms with Crippen LogP contribution >= 0.6 is 0 Å². The standard InChI is InChI=1S/C9H18O/c1-9(2)7-5-3-4-6-8-10/h8-9H,3-7H2,1-2H3/i1D3,2D3,9D. The van der Waals surface area contributed by atoms with Crippen LogP contribution in [-0.4, -0.2) is 6.29 Å². The average Bonchev–Trinajstić information content (AvgIpc) is 2.13. The highest BCUT2D eigenvalue weighted by atomic mass is 16.1. The van der Waals surface area contributed by atoms with E-state index in [0.717, 1.165) is 6.29 Å². The number of carbonyl (C=O) groups is 1. The molecule has 0 amide bonds. The molecule has 0 aliphatic carbocycles. The lowest BCUT2D eigenvalue weighted by Gasteiger charge is -2.01. The first-order valence-corrected chi connectivity index (χ1v) is 3.50. The first-order valence-electron chi connectivity index (χ1n) is 7.00. The highest BCUT2D eigenvalue weighted by Crippen LogP contribution is 2.08. The summed E-state index contributed by atoms with van der Waals surface area (Å²) in [6.45, 7) is -5.66. The van der Waals surface area contributed by atoms with Gasteiger partial charge in [-0.05, 0) is 12.3 Å². The summed E-state index contributed by atoms with van der Waals surface area (Å²) >= 11 is 0. The highest BCUT2D eigenvalue weighted by Gasteiger charge is 1.92. The van der Waals surface area contributed by atoms with Gasteiger partial charge < -0.3 is 4.79 Å². The van der Waals surface area contributed by atoms with Gasteiger partial charge in [-0.25, -0.2) is 0 Å². The number of carbonyl (C=O) groups excluding carboxylic acids is 1. The maximum absolute atomic E-state index is 10.1. The molecule has 1 heteroatoms. The van der Waals surface area contributed by atoms with Crippen LogP contribution in [0.3, 0.4) is 0 Å². The Morgan fingerprint density at radius 1 is 1.50 bits per heavy atom. The minimum absolute atomic E-state index is 0.209. The third-order valence-corrected chi connectivity index (χ3v) is 1.25. The van der Waals surface area contributed by atoms with Gasteiger partial charge in [0, 0.05) is 16.0 Å². The van der Waals surface area contributed by atoms with Gasteiger partial charge in [0.05, 0.1) is 0 Å². The van der Waals surface area contributed by atoms with Crippen LogP contribution in [0.1, 0.15) is 55.4 Å². The molecule has 0 aromatic carbocycles. The van der Waals surface area contributed by atoms with Gasteiger partial charge in [-0.15, -0.1) is 0 Å². The Kier molecular flexibility index (Phi) is 2.01. The molecule has 0 unspecified atom stereocenters. The largest absolute Gasteiger partial charge is 0.303 e. The van der Waals surface area contributed by atoms with Crippen molar-refractivity contribution >= 4 is 6.29 Å². The van der Waals surface area contributed by atoms with Crippen molar-refractivity contribution in [2.45, 2.75) is 45.8 Å². The van der Waals surface area contributed by atoms with E-state index in [2.05, 4.69) is 0 Å². The molecule has 0 radical (unpaired) electrons. The van der Waals surface area contributed by atoms with E-state index in [0.29, 0.717) is 25.7 Å². The fourth-order valence-electron chi connectivity index (χ4n) is 0.706. The van der Waals surface area contributed by atoms with Crippen molar-refractivity contribution < 1.29 is 14.4 Å². The van der Waals surface area contributed by atoms with E-state index < -0.39 is 19.6 Å². The fourth-order valence-corrected chi connectivity index (χ4v) is 0.706. The number of hydrogen-bond acceptors (Lipinski definition) is 1. The van der Waals surface area contributed by atoms with Gasteiger partial charge in [0.1, 0.15) is 6.29 Å². The third-order valence-electron chi connectivity index (χ3n) is 1.25. The molecule has 0 aromatic heterocycles. The first-order chi connectivity index (χ1) is 7.56. The van der Waals surface area contributed by atoms with Crippen LogP contribution in [0, 0.1) is 5.89 Å². The van der Waals surface area contributed by atoms with Gasteiger partial charge in [0.25, 0.3) is 0 Å². The Bertz CT molecular complexity index is 229. The highest BCUT2D eigenvalue weighted by molar-refractivity contribution is 5.48. The van der Waals surface area contributed by atoms with Crippen LogP contribution in [0.2, 0.25) is 0 Å². The molecule has 0 heterocycles. The van der Waals surface area contributed by atoms with E-state index in [-0.39, 0.29) is 6.42 Å². The second kappa shape index (κ2) is 6.79. The lowest BCUT2D eigenvalue weighted by Crippen LogP contribution is -1.86. The van der Waals surface area contributed by atoms with Gasteiger partial charge in [0.2, 0.25) is 0 Å². The van der Waals surface area contributed by atoms with Crippen molar-refractivity contribution in [1.82, 2.24) is 0 Å². The van der Waals surface area contributed by atoms with Crippen LogP contribution in [0.15, 0.2) is 0 Å². The topological polar surface area (TPSA) is 17.1 Å². The molecule has 1 nitrogen and oxygen atoms in total. The molecule has 0 aliphatic rings. The molecule has 10 heavy (non-hydrogen) atoms. The zero-order chi connectivity index (χ0) is 13.7. The second-order valence-electron chi connectivity index (χ2n) is 2.24. The number of unbranched alkanes of at least 4 members (excludes halogenated alkanes) is 3. The molecule has 0 bridgehead atoms. The molecular formula is C9H18O. The first kappa shape index (κ1) is 2.96. The zero-order valence-corrected chi connectivity index (χ0v) is 6.02. The molecular weight excluding hydrogens is 124 g/mol. The molecule has 0 aromatic rings. The predicted molar refractivity (Wildman–Crippen MR) is 44.0 cm³/mol. The summed E-state index contributed by atoms with van der Waals surface area (Å²) in [5, 5.41) is 0. The van der Waals surface area contributed by atoms with Crippen LogP contribution in [0.4, 0.5) is 0 Å². The maximum Gasteiger partial charge on any atom is 0.119 e. The van der Waals surface area contributed by atoms with Crippen molar-refractivity contribution in [1.29, 1.82) is 0 Å². The van der Waals surface area contributed by atoms with Crippen LogP contribution < -0.4 is 0 Å². The lowest BCUT2D eigenvalue weighted by atomic mass is 10.0. The van der Waals surface area contributed by atoms with Crippen molar-refractivity contribution in [3.8, 4) is 0 Å². The van der Waals surface area contributed by atoms with E-state index in [1.165, 1.54) is 0 Å². The van der Waals surface area contributed by atoms with Gasteiger partial charge in [-0.1, -0.05) is 33.0 Å². The second-order valence-corrected chi connectivity index (χ2v) is 2.24.